The lowest BCUT2D eigenvalue weighted by Crippen LogP contribution is -2.19. The first-order chi connectivity index (χ1) is 15.7. The highest BCUT2D eigenvalue weighted by Crippen LogP contribution is 2.39. The number of benzene rings is 2. The fraction of sp³-hybridized carbons (Fsp3) is 0.120. The minimum atomic E-state index is -0.458. The van der Waals surface area contributed by atoms with Gasteiger partial charge in [-0.1, -0.05) is 26.0 Å². The lowest BCUT2D eigenvalue weighted by atomic mass is 9.77. The highest BCUT2D eigenvalue weighted by molar-refractivity contribution is 5.69. The number of nitrogen functional groups attached to an aromatic ring is 2. The molecule has 168 valence electrons. The van der Waals surface area contributed by atoms with Crippen LogP contribution in [0, 0.1) is 0 Å². The summed E-state index contributed by atoms with van der Waals surface area (Å²) >= 11 is 0. The molecule has 2 aromatic heterocycles. The van der Waals surface area contributed by atoms with E-state index in [1.807, 2.05) is 24.3 Å². The van der Waals surface area contributed by atoms with Gasteiger partial charge in [0.1, 0.15) is 23.1 Å². The number of aromatic hydroxyl groups is 2. The maximum absolute atomic E-state index is 10.4. The summed E-state index contributed by atoms with van der Waals surface area (Å²) in [6, 6.07) is 17.5. The average molecular weight is 443 g/mol. The fourth-order valence-corrected chi connectivity index (χ4v) is 3.52. The summed E-state index contributed by atoms with van der Waals surface area (Å²) in [5.74, 6) is 1.26. The molecule has 2 heterocycles. The van der Waals surface area contributed by atoms with Gasteiger partial charge in [0.25, 0.3) is 0 Å². The number of rotatable bonds is 6. The first-order valence-corrected chi connectivity index (χ1v) is 10.4. The molecule has 8 N–H and O–H groups in total. The molecular formula is C25H26N6O2. The number of hydrogen-bond acceptors (Lipinski definition) is 8. The topological polar surface area (TPSA) is 142 Å². The predicted molar refractivity (Wildman–Crippen MR) is 132 cm³/mol. The molecule has 0 aliphatic heterocycles. The lowest BCUT2D eigenvalue weighted by Gasteiger charge is -2.28. The summed E-state index contributed by atoms with van der Waals surface area (Å²) in [4.78, 5) is 8.48. The SMILES string of the molecule is CC(C)(c1ccc(O)c(Nc2cc(N)ccn2)c1)c1ccc(O)c(Nc2cc(N)ccn2)c1. The Kier molecular flexibility index (Phi) is 5.66. The van der Waals surface area contributed by atoms with E-state index in [2.05, 4.69) is 34.4 Å². The summed E-state index contributed by atoms with van der Waals surface area (Å²) in [7, 11) is 0. The van der Waals surface area contributed by atoms with Gasteiger partial charge in [0.15, 0.2) is 0 Å². The first-order valence-electron chi connectivity index (χ1n) is 10.4. The Balaban J connectivity index is 1.66. The first kappa shape index (κ1) is 21.8. The number of phenols is 2. The third-order valence-corrected chi connectivity index (χ3v) is 5.53. The van der Waals surface area contributed by atoms with Gasteiger partial charge in [-0.05, 0) is 47.5 Å². The highest BCUT2D eigenvalue weighted by atomic mass is 16.3. The Morgan fingerprint density at radius 3 is 1.48 bits per heavy atom. The predicted octanol–water partition coefficient (Wildman–Crippen LogP) is 4.87. The summed E-state index contributed by atoms with van der Waals surface area (Å²) in [5, 5.41) is 27.0. The van der Waals surface area contributed by atoms with Crippen molar-refractivity contribution in [2.75, 3.05) is 22.1 Å². The van der Waals surface area contributed by atoms with Gasteiger partial charge in [-0.25, -0.2) is 9.97 Å². The van der Waals surface area contributed by atoms with Crippen molar-refractivity contribution in [1.82, 2.24) is 9.97 Å². The van der Waals surface area contributed by atoms with E-state index in [9.17, 15) is 10.2 Å². The molecule has 0 bridgehead atoms. The molecule has 8 nitrogen and oxygen atoms in total. The van der Waals surface area contributed by atoms with E-state index in [1.165, 1.54) is 0 Å². The average Bonchev–Trinajstić information content (AvgIpc) is 2.76. The van der Waals surface area contributed by atoms with Gasteiger partial charge in [0.05, 0.1) is 11.4 Å². The van der Waals surface area contributed by atoms with Crippen LogP contribution < -0.4 is 22.1 Å². The standard InChI is InChI=1S/C25H26N6O2/c1-25(2,15-3-5-21(32)19(11-15)30-23-13-17(26)7-9-28-23)16-4-6-22(33)20(12-16)31-24-14-18(27)8-10-29-24/h3-14,32-33H,1-2H3,(H3,26,28,30)(H3,27,29,31). The van der Waals surface area contributed by atoms with Gasteiger partial charge in [-0.2, -0.15) is 0 Å². The van der Waals surface area contributed by atoms with Crippen LogP contribution in [0.2, 0.25) is 0 Å². The Morgan fingerprint density at radius 1 is 0.667 bits per heavy atom. The van der Waals surface area contributed by atoms with E-state index in [4.69, 9.17) is 11.5 Å². The zero-order valence-electron chi connectivity index (χ0n) is 18.4. The minimum absolute atomic E-state index is 0.0968. The zero-order chi connectivity index (χ0) is 23.6. The van der Waals surface area contributed by atoms with Crippen LogP contribution >= 0.6 is 0 Å². The van der Waals surface area contributed by atoms with Crippen LogP contribution in [0.1, 0.15) is 25.0 Å². The molecule has 0 atom stereocenters. The van der Waals surface area contributed by atoms with E-state index in [1.54, 1.807) is 48.8 Å². The van der Waals surface area contributed by atoms with Gasteiger partial charge in [-0.15, -0.1) is 0 Å². The van der Waals surface area contributed by atoms with E-state index in [0.29, 0.717) is 34.4 Å². The van der Waals surface area contributed by atoms with Crippen LogP contribution in [-0.4, -0.2) is 20.2 Å². The van der Waals surface area contributed by atoms with Crippen LogP contribution in [0.15, 0.2) is 73.1 Å². The molecule has 0 saturated carbocycles. The van der Waals surface area contributed by atoms with Crippen LogP contribution in [0.4, 0.5) is 34.4 Å². The molecule has 0 fully saturated rings. The van der Waals surface area contributed by atoms with E-state index < -0.39 is 5.41 Å². The number of anilines is 6. The molecule has 0 saturated heterocycles. The van der Waals surface area contributed by atoms with E-state index >= 15 is 0 Å². The van der Waals surface area contributed by atoms with Crippen LogP contribution in [0.3, 0.4) is 0 Å². The Labute approximate surface area is 192 Å². The van der Waals surface area contributed by atoms with Crippen molar-refractivity contribution >= 4 is 34.4 Å². The number of phenolic OH excluding ortho intramolecular Hbond substituents is 2. The molecule has 4 rings (SSSR count). The van der Waals surface area contributed by atoms with Gasteiger partial charge in [-0.3, -0.25) is 0 Å². The minimum Gasteiger partial charge on any atom is -0.506 e. The molecule has 0 aliphatic carbocycles. The van der Waals surface area contributed by atoms with Crippen LogP contribution in [0.25, 0.3) is 0 Å². The quantitative estimate of drug-likeness (QED) is 0.232. The van der Waals surface area contributed by atoms with Crippen molar-refractivity contribution in [3.63, 3.8) is 0 Å². The molecule has 0 radical (unpaired) electrons. The summed E-state index contributed by atoms with van der Waals surface area (Å²) < 4.78 is 0. The van der Waals surface area contributed by atoms with Crippen molar-refractivity contribution in [1.29, 1.82) is 0 Å². The third-order valence-electron chi connectivity index (χ3n) is 5.53. The number of nitrogens with two attached hydrogens (primary N) is 2. The molecule has 0 unspecified atom stereocenters. The second-order valence-electron chi connectivity index (χ2n) is 8.29. The zero-order valence-corrected chi connectivity index (χ0v) is 18.4. The number of pyridine rings is 2. The Hall–Kier alpha value is -4.46. The van der Waals surface area contributed by atoms with Crippen molar-refractivity contribution < 1.29 is 10.2 Å². The summed E-state index contributed by atoms with van der Waals surface area (Å²) in [6.07, 6.45) is 3.20. The summed E-state index contributed by atoms with van der Waals surface area (Å²) in [6.45, 7) is 4.13. The number of aromatic nitrogens is 2. The molecule has 2 aromatic carbocycles. The van der Waals surface area contributed by atoms with Crippen molar-refractivity contribution in [2.24, 2.45) is 0 Å². The molecule has 0 amide bonds. The largest absolute Gasteiger partial charge is 0.506 e. The van der Waals surface area contributed by atoms with Crippen LogP contribution in [-0.2, 0) is 5.41 Å². The maximum atomic E-state index is 10.4. The van der Waals surface area contributed by atoms with Crippen molar-refractivity contribution in [2.45, 2.75) is 19.3 Å². The van der Waals surface area contributed by atoms with Crippen molar-refractivity contribution in [3.8, 4) is 11.5 Å². The molecule has 33 heavy (non-hydrogen) atoms. The molecular weight excluding hydrogens is 416 g/mol. The third kappa shape index (κ3) is 4.74. The number of nitrogens with one attached hydrogen (secondary N) is 2. The van der Waals surface area contributed by atoms with E-state index in [0.717, 1.165) is 11.1 Å². The van der Waals surface area contributed by atoms with Gasteiger partial charge in [0, 0.05) is 41.3 Å². The lowest BCUT2D eigenvalue weighted by molar-refractivity contribution is 0.476. The van der Waals surface area contributed by atoms with Gasteiger partial charge >= 0.3 is 0 Å². The van der Waals surface area contributed by atoms with Gasteiger partial charge < -0.3 is 32.3 Å². The highest BCUT2D eigenvalue weighted by Gasteiger charge is 2.25. The molecule has 0 spiro atoms. The Bertz CT molecular complexity index is 1210. The maximum Gasteiger partial charge on any atom is 0.139 e. The number of hydrogen-bond donors (Lipinski definition) is 6. The summed E-state index contributed by atoms with van der Waals surface area (Å²) in [5.41, 5.74) is 15.3. The molecule has 4 aromatic rings. The van der Waals surface area contributed by atoms with E-state index in [-0.39, 0.29) is 11.5 Å². The molecule has 0 aliphatic rings. The normalized spacial score (nSPS) is 11.2. The van der Waals surface area contributed by atoms with Crippen molar-refractivity contribution in [3.05, 3.63) is 84.2 Å². The Morgan fingerprint density at radius 2 is 1.09 bits per heavy atom. The second-order valence-corrected chi connectivity index (χ2v) is 8.29. The van der Waals surface area contributed by atoms with Crippen LogP contribution in [0.5, 0.6) is 11.5 Å². The molecule has 8 heteroatoms. The monoisotopic (exact) mass is 442 g/mol. The fourth-order valence-electron chi connectivity index (χ4n) is 3.52. The van der Waals surface area contributed by atoms with Gasteiger partial charge in [0.2, 0.25) is 0 Å². The smallest absolute Gasteiger partial charge is 0.139 e. The number of nitrogens with zero attached hydrogens (tertiary/aromatic N) is 2. The second kappa shape index (κ2) is 8.58.